The van der Waals surface area contributed by atoms with E-state index < -0.39 is 12.1 Å². The van der Waals surface area contributed by atoms with Crippen LogP contribution in [0.15, 0.2) is 54.7 Å². The van der Waals surface area contributed by atoms with Gasteiger partial charge in [0.2, 0.25) is 0 Å². The maximum Gasteiger partial charge on any atom is 0.490 e. The van der Waals surface area contributed by atoms with Gasteiger partial charge in [0.1, 0.15) is 5.82 Å². The van der Waals surface area contributed by atoms with Crippen LogP contribution in [-0.4, -0.2) is 47.8 Å². The van der Waals surface area contributed by atoms with Crippen LogP contribution in [0.3, 0.4) is 0 Å². The van der Waals surface area contributed by atoms with Gasteiger partial charge < -0.3 is 15.3 Å². The minimum Gasteiger partial charge on any atom is -0.475 e. The number of carboxylic acids is 1. The van der Waals surface area contributed by atoms with Crippen molar-refractivity contribution in [1.82, 2.24) is 9.88 Å². The summed E-state index contributed by atoms with van der Waals surface area (Å²) in [5.41, 5.74) is 5.99. The number of aliphatic carboxylic acids is 1. The lowest BCUT2D eigenvalue weighted by Crippen LogP contribution is -2.31. The van der Waals surface area contributed by atoms with E-state index in [0.29, 0.717) is 5.02 Å². The molecular formula is C24H22Cl2F3N3O2. The van der Waals surface area contributed by atoms with E-state index in [4.69, 9.17) is 33.1 Å². The molecular weight excluding hydrogens is 490 g/mol. The summed E-state index contributed by atoms with van der Waals surface area (Å²) in [5.74, 6) is -1.66. The highest BCUT2D eigenvalue weighted by molar-refractivity contribution is 6.35. The number of fused-ring (bicyclic) bond motifs is 1. The third-order valence-corrected chi connectivity index (χ3v) is 5.93. The zero-order valence-corrected chi connectivity index (χ0v) is 19.8. The van der Waals surface area contributed by atoms with Crippen molar-refractivity contribution in [3.63, 3.8) is 0 Å². The van der Waals surface area contributed by atoms with Crippen LogP contribution in [0.2, 0.25) is 10.0 Å². The number of benzene rings is 2. The summed E-state index contributed by atoms with van der Waals surface area (Å²) in [5, 5.41) is 11.7. The maximum atomic E-state index is 10.6. The molecule has 180 valence electrons. The Hall–Kier alpha value is -2.81. The first-order chi connectivity index (χ1) is 16.0. The number of halogens is 5. The van der Waals surface area contributed by atoms with Crippen molar-refractivity contribution < 1.29 is 23.1 Å². The molecule has 1 aliphatic rings. The summed E-state index contributed by atoms with van der Waals surface area (Å²) in [4.78, 5) is 15.5. The number of carbonyl (C=O) groups is 1. The number of nitrogens with one attached hydrogen (secondary N) is 1. The molecule has 34 heavy (non-hydrogen) atoms. The Kier molecular flexibility index (Phi) is 8.07. The number of rotatable bonds is 3. The molecule has 0 radical (unpaired) electrons. The van der Waals surface area contributed by atoms with E-state index in [9.17, 15) is 13.2 Å². The van der Waals surface area contributed by atoms with Gasteiger partial charge in [0.15, 0.2) is 0 Å². The normalized spacial score (nSPS) is 15.7. The van der Waals surface area contributed by atoms with Crippen molar-refractivity contribution in [2.75, 3.05) is 26.0 Å². The number of hydrogen-bond acceptors (Lipinski definition) is 4. The molecule has 0 bridgehead atoms. The molecule has 2 N–H and O–H groups in total. The van der Waals surface area contributed by atoms with Gasteiger partial charge in [-0.15, -0.1) is 0 Å². The zero-order chi connectivity index (χ0) is 25.0. The van der Waals surface area contributed by atoms with Gasteiger partial charge >= 0.3 is 12.1 Å². The van der Waals surface area contributed by atoms with Crippen molar-refractivity contribution in [1.29, 1.82) is 0 Å². The third kappa shape index (κ3) is 6.20. The molecule has 1 atom stereocenters. The molecule has 2 aromatic carbocycles. The molecule has 0 amide bonds. The lowest BCUT2D eigenvalue weighted by molar-refractivity contribution is -0.192. The summed E-state index contributed by atoms with van der Waals surface area (Å²) in [6.07, 6.45) is -3.25. The summed E-state index contributed by atoms with van der Waals surface area (Å²) in [7, 11) is 4.01. The van der Waals surface area contributed by atoms with Gasteiger partial charge in [-0.05, 0) is 59.1 Å². The molecule has 1 aliphatic heterocycles. The highest BCUT2D eigenvalue weighted by Gasteiger charge is 2.38. The van der Waals surface area contributed by atoms with Crippen molar-refractivity contribution in [3.8, 4) is 11.1 Å². The first-order valence-corrected chi connectivity index (χ1v) is 11.0. The van der Waals surface area contributed by atoms with Gasteiger partial charge in [0.05, 0.1) is 0 Å². The minimum atomic E-state index is -5.08. The second kappa shape index (κ2) is 10.6. The molecule has 3 aromatic rings. The summed E-state index contributed by atoms with van der Waals surface area (Å²) < 4.78 is 31.7. The van der Waals surface area contributed by atoms with Crippen LogP contribution in [0, 0.1) is 0 Å². The van der Waals surface area contributed by atoms with Crippen LogP contribution >= 0.6 is 23.2 Å². The summed E-state index contributed by atoms with van der Waals surface area (Å²) in [6, 6.07) is 16.7. The highest BCUT2D eigenvalue weighted by atomic mass is 35.5. The van der Waals surface area contributed by atoms with E-state index in [1.807, 2.05) is 25.4 Å². The van der Waals surface area contributed by atoms with E-state index in [0.717, 1.165) is 29.5 Å². The van der Waals surface area contributed by atoms with Crippen molar-refractivity contribution >= 4 is 35.0 Å². The molecule has 5 nitrogen and oxygen atoms in total. The van der Waals surface area contributed by atoms with Crippen LogP contribution in [0.25, 0.3) is 11.1 Å². The Balaban J connectivity index is 0.000000406. The van der Waals surface area contributed by atoms with Crippen LogP contribution in [0.5, 0.6) is 0 Å². The van der Waals surface area contributed by atoms with Gasteiger partial charge in [-0.25, -0.2) is 9.78 Å². The van der Waals surface area contributed by atoms with Crippen LogP contribution in [0.4, 0.5) is 19.0 Å². The SMILES string of the molecule is CNc1cc(-c2cccc([C@@H]3CN(C)Cc4c(Cl)cc(Cl)cc43)c2)ccn1.O=C(O)C(F)(F)F. The second-order valence-electron chi connectivity index (χ2n) is 7.81. The monoisotopic (exact) mass is 511 g/mol. The summed E-state index contributed by atoms with van der Waals surface area (Å²) in [6.45, 7) is 1.78. The molecule has 4 rings (SSSR count). The minimum absolute atomic E-state index is 0.237. The molecule has 0 fully saturated rings. The third-order valence-electron chi connectivity index (χ3n) is 5.37. The number of nitrogens with zero attached hydrogens (tertiary/aromatic N) is 2. The average molecular weight is 512 g/mol. The first-order valence-electron chi connectivity index (χ1n) is 10.2. The molecule has 0 aliphatic carbocycles. The van der Waals surface area contributed by atoms with Gasteiger partial charge in [0.25, 0.3) is 0 Å². The molecule has 1 aromatic heterocycles. The van der Waals surface area contributed by atoms with E-state index in [1.165, 1.54) is 22.3 Å². The maximum absolute atomic E-state index is 10.6. The topological polar surface area (TPSA) is 65.5 Å². The number of aromatic nitrogens is 1. The number of likely N-dealkylation sites (N-methyl/N-ethyl adjacent to an activating group) is 1. The second-order valence-corrected chi connectivity index (χ2v) is 8.66. The lowest BCUT2D eigenvalue weighted by atomic mass is 9.84. The Labute approximate surface area is 205 Å². The van der Waals surface area contributed by atoms with Crippen LogP contribution < -0.4 is 5.32 Å². The van der Waals surface area contributed by atoms with Crippen LogP contribution in [0.1, 0.15) is 22.6 Å². The Bertz CT molecular complexity index is 1190. The largest absolute Gasteiger partial charge is 0.490 e. The standard InChI is InChI=1S/C22H21Cl2N3.C2HF3O2/c1-25-22-9-15(6-7-26-22)14-4-3-5-16(8-14)19-12-27(2)13-20-18(19)10-17(23)11-21(20)24;3-2(4,5)1(6)7/h3-11,19H,12-13H2,1-2H3,(H,25,26);(H,6,7)/t19-;/m0./s1. The van der Waals surface area contributed by atoms with E-state index in [-0.39, 0.29) is 5.92 Å². The lowest BCUT2D eigenvalue weighted by Gasteiger charge is -2.33. The fraction of sp³-hybridized carbons (Fsp3) is 0.250. The van der Waals surface area contributed by atoms with Crippen molar-refractivity contribution in [2.24, 2.45) is 0 Å². The Morgan fingerprint density at radius 2 is 1.82 bits per heavy atom. The number of anilines is 1. The number of alkyl halides is 3. The fourth-order valence-corrected chi connectivity index (χ4v) is 4.38. The predicted molar refractivity (Wildman–Crippen MR) is 128 cm³/mol. The van der Waals surface area contributed by atoms with Gasteiger partial charge in [-0.1, -0.05) is 47.5 Å². The van der Waals surface area contributed by atoms with E-state index in [2.05, 4.69) is 58.6 Å². The van der Waals surface area contributed by atoms with Crippen LogP contribution in [-0.2, 0) is 11.3 Å². The van der Waals surface area contributed by atoms with E-state index >= 15 is 0 Å². The molecule has 0 saturated carbocycles. The molecule has 10 heteroatoms. The molecule has 2 heterocycles. The van der Waals surface area contributed by atoms with E-state index in [1.54, 1.807) is 0 Å². The predicted octanol–water partition coefficient (Wildman–Crippen LogP) is 6.31. The van der Waals surface area contributed by atoms with Crippen molar-refractivity contribution in [3.05, 3.63) is 81.5 Å². The fourth-order valence-electron chi connectivity index (χ4n) is 3.81. The average Bonchev–Trinajstić information content (AvgIpc) is 2.79. The highest BCUT2D eigenvalue weighted by Crippen LogP contribution is 2.39. The smallest absolute Gasteiger partial charge is 0.475 e. The van der Waals surface area contributed by atoms with Crippen molar-refractivity contribution in [2.45, 2.75) is 18.6 Å². The van der Waals surface area contributed by atoms with Gasteiger partial charge in [-0.3, -0.25) is 0 Å². The zero-order valence-electron chi connectivity index (χ0n) is 18.3. The number of carboxylic acid groups (broad SMARTS) is 1. The number of hydrogen-bond donors (Lipinski definition) is 2. The molecule has 0 saturated heterocycles. The first kappa shape index (κ1) is 25.8. The summed E-state index contributed by atoms with van der Waals surface area (Å²) >= 11 is 12.8. The molecule has 0 unspecified atom stereocenters. The quantitative estimate of drug-likeness (QED) is 0.431. The number of pyridine rings is 1. The Morgan fingerprint density at radius 3 is 2.47 bits per heavy atom. The Morgan fingerprint density at radius 1 is 1.15 bits per heavy atom. The molecule has 0 spiro atoms. The van der Waals surface area contributed by atoms with Gasteiger partial charge in [0, 0.05) is 42.3 Å². The van der Waals surface area contributed by atoms with Gasteiger partial charge in [-0.2, -0.15) is 13.2 Å².